The van der Waals surface area contributed by atoms with Gasteiger partial charge in [-0.3, -0.25) is 15.0 Å². The average molecular weight is 476 g/mol. The van der Waals surface area contributed by atoms with Crippen molar-refractivity contribution in [1.29, 1.82) is 0 Å². The molecule has 2 heterocycles. The van der Waals surface area contributed by atoms with Crippen molar-refractivity contribution in [2.75, 3.05) is 56.6 Å². The summed E-state index contributed by atoms with van der Waals surface area (Å²) in [6.07, 6.45) is -0.0585. The van der Waals surface area contributed by atoms with E-state index in [-0.39, 0.29) is 18.3 Å². The summed E-state index contributed by atoms with van der Waals surface area (Å²) in [4.78, 5) is 33.8. The Kier molecular flexibility index (Phi) is 8.42. The smallest absolute Gasteiger partial charge is 0.411 e. The lowest BCUT2D eigenvalue weighted by Crippen LogP contribution is -3.00. The van der Waals surface area contributed by atoms with Crippen LogP contribution in [-0.4, -0.2) is 68.2 Å². The molecule has 0 unspecified atom stereocenters. The largest absolute Gasteiger partial charge is 1.00 e. The molecule has 0 aliphatic carbocycles. The minimum Gasteiger partial charge on any atom is -1.00 e. The molecule has 0 atom stereocenters. The van der Waals surface area contributed by atoms with E-state index in [1.165, 1.54) is 0 Å². The van der Waals surface area contributed by atoms with Gasteiger partial charge in [-0.25, -0.2) is 4.79 Å². The molecule has 32 heavy (non-hydrogen) atoms. The number of amides is 2. The number of ether oxygens (including phenoxy) is 1. The highest BCUT2D eigenvalue weighted by molar-refractivity contribution is 7.99. The second kappa shape index (κ2) is 11.0. The SMILES string of the molecule is CCOC(=O)Nc1ccc2c(c1)N(C(=O)CCN1CCN(C)CC1)c1ccccc1S2.[Cl-]. The molecule has 1 fully saturated rings. The number of para-hydroxylation sites is 1. The van der Waals surface area contributed by atoms with E-state index >= 15 is 0 Å². The second-order valence-electron chi connectivity index (χ2n) is 7.72. The Morgan fingerprint density at radius 3 is 2.50 bits per heavy atom. The van der Waals surface area contributed by atoms with Gasteiger partial charge in [0, 0.05) is 54.6 Å². The summed E-state index contributed by atoms with van der Waals surface area (Å²) in [6, 6.07) is 13.6. The fourth-order valence-electron chi connectivity index (χ4n) is 3.82. The third-order valence-corrected chi connectivity index (χ3v) is 6.67. The van der Waals surface area contributed by atoms with E-state index in [1.807, 2.05) is 42.5 Å². The Balaban J connectivity index is 0.00000289. The second-order valence-corrected chi connectivity index (χ2v) is 8.81. The predicted octanol–water partition coefficient (Wildman–Crippen LogP) is 1.03. The van der Waals surface area contributed by atoms with Gasteiger partial charge in [0.1, 0.15) is 0 Å². The number of nitrogens with one attached hydrogen (secondary N) is 1. The quantitative estimate of drug-likeness (QED) is 0.696. The maximum absolute atomic E-state index is 13.4. The van der Waals surface area contributed by atoms with Crippen LogP contribution in [0.5, 0.6) is 0 Å². The molecule has 1 N–H and O–H groups in total. The number of anilines is 3. The molecule has 172 valence electrons. The van der Waals surface area contributed by atoms with Crippen LogP contribution in [0.1, 0.15) is 13.3 Å². The molecule has 0 bridgehead atoms. The number of halogens is 1. The Labute approximate surface area is 199 Å². The number of hydrogen-bond acceptors (Lipinski definition) is 6. The van der Waals surface area contributed by atoms with Crippen molar-refractivity contribution in [3.63, 3.8) is 0 Å². The van der Waals surface area contributed by atoms with E-state index in [4.69, 9.17) is 4.74 Å². The van der Waals surface area contributed by atoms with Crippen LogP contribution in [0.3, 0.4) is 0 Å². The van der Waals surface area contributed by atoms with E-state index in [2.05, 4.69) is 22.2 Å². The molecule has 0 spiro atoms. The molecule has 2 amide bonds. The van der Waals surface area contributed by atoms with Crippen LogP contribution in [0.2, 0.25) is 0 Å². The van der Waals surface area contributed by atoms with Crippen LogP contribution < -0.4 is 22.6 Å². The van der Waals surface area contributed by atoms with E-state index < -0.39 is 6.09 Å². The lowest BCUT2D eigenvalue weighted by molar-refractivity contribution is -0.118. The van der Waals surface area contributed by atoms with Gasteiger partial charge >= 0.3 is 6.09 Å². The van der Waals surface area contributed by atoms with Gasteiger partial charge in [-0.1, -0.05) is 23.9 Å². The number of hydrogen-bond donors (Lipinski definition) is 1. The van der Waals surface area contributed by atoms with E-state index in [0.29, 0.717) is 18.7 Å². The van der Waals surface area contributed by atoms with Crippen molar-refractivity contribution in [2.24, 2.45) is 0 Å². The number of benzene rings is 2. The molecule has 1 saturated heterocycles. The monoisotopic (exact) mass is 475 g/mol. The standard InChI is InChI=1S/C23H28N4O3S.ClH/c1-3-30-23(29)24-17-8-9-21-19(16-17)27(18-6-4-5-7-20(18)31-21)22(28)10-11-26-14-12-25(2)13-15-26;/h4-9,16H,3,10-15H2,1-2H3,(H,24,29);1H/p-1. The molecular formula is C23H28ClN4O3S-. The number of carbonyl (C=O) groups excluding carboxylic acids is 2. The highest BCUT2D eigenvalue weighted by Crippen LogP contribution is 2.49. The molecule has 0 radical (unpaired) electrons. The minimum absolute atomic E-state index is 0. The number of fused-ring (bicyclic) bond motifs is 2. The fourth-order valence-corrected chi connectivity index (χ4v) is 4.86. The van der Waals surface area contributed by atoms with E-state index in [9.17, 15) is 9.59 Å². The Morgan fingerprint density at radius 1 is 1.03 bits per heavy atom. The van der Waals surface area contributed by atoms with Gasteiger partial charge in [-0.15, -0.1) is 0 Å². The van der Waals surface area contributed by atoms with Crippen LogP contribution in [-0.2, 0) is 9.53 Å². The molecule has 4 rings (SSSR count). The van der Waals surface area contributed by atoms with Gasteiger partial charge in [0.2, 0.25) is 5.91 Å². The topological polar surface area (TPSA) is 65.1 Å². The Morgan fingerprint density at radius 2 is 1.75 bits per heavy atom. The maximum atomic E-state index is 13.4. The number of piperazine rings is 1. The first kappa shape index (κ1) is 24.4. The first-order valence-electron chi connectivity index (χ1n) is 10.6. The van der Waals surface area contributed by atoms with Crippen molar-refractivity contribution in [3.05, 3.63) is 42.5 Å². The summed E-state index contributed by atoms with van der Waals surface area (Å²) in [5.41, 5.74) is 2.28. The summed E-state index contributed by atoms with van der Waals surface area (Å²) < 4.78 is 4.99. The van der Waals surface area contributed by atoms with Gasteiger partial charge in [0.05, 0.1) is 18.0 Å². The zero-order chi connectivity index (χ0) is 21.8. The van der Waals surface area contributed by atoms with E-state index in [1.54, 1.807) is 23.6 Å². The van der Waals surface area contributed by atoms with Crippen molar-refractivity contribution in [2.45, 2.75) is 23.1 Å². The number of likely N-dealkylation sites (N-methyl/N-ethyl adjacent to an activating group) is 1. The van der Waals surface area contributed by atoms with Gasteiger partial charge in [0.25, 0.3) is 0 Å². The normalized spacial score (nSPS) is 15.9. The predicted molar refractivity (Wildman–Crippen MR) is 123 cm³/mol. The van der Waals surface area contributed by atoms with Crippen LogP contribution in [0.15, 0.2) is 52.3 Å². The highest BCUT2D eigenvalue weighted by atomic mass is 35.5. The summed E-state index contributed by atoms with van der Waals surface area (Å²) in [5, 5.41) is 2.74. The third-order valence-electron chi connectivity index (χ3n) is 5.53. The summed E-state index contributed by atoms with van der Waals surface area (Å²) >= 11 is 1.63. The summed E-state index contributed by atoms with van der Waals surface area (Å²) in [5.74, 6) is 0.0567. The molecule has 9 heteroatoms. The minimum atomic E-state index is -0.501. The number of carbonyl (C=O) groups is 2. The van der Waals surface area contributed by atoms with Crippen molar-refractivity contribution in [3.8, 4) is 0 Å². The molecule has 2 aromatic rings. The first-order chi connectivity index (χ1) is 15.0. The van der Waals surface area contributed by atoms with Gasteiger partial charge in [-0.05, 0) is 44.3 Å². The molecule has 2 aromatic carbocycles. The molecule has 0 saturated carbocycles. The van der Waals surface area contributed by atoms with Gasteiger partial charge in [0.15, 0.2) is 0 Å². The molecule has 0 aromatic heterocycles. The lowest BCUT2D eigenvalue weighted by atomic mass is 10.1. The van der Waals surface area contributed by atoms with Gasteiger partial charge in [-0.2, -0.15) is 0 Å². The maximum Gasteiger partial charge on any atom is 0.411 e. The molecule has 7 nitrogen and oxygen atoms in total. The van der Waals surface area contributed by atoms with Gasteiger partial charge < -0.3 is 26.9 Å². The number of rotatable bonds is 5. The Bertz CT molecular complexity index is 966. The zero-order valence-electron chi connectivity index (χ0n) is 18.3. The third kappa shape index (κ3) is 5.56. The average Bonchev–Trinajstić information content (AvgIpc) is 2.77. The Hall–Kier alpha value is -2.26. The van der Waals surface area contributed by atoms with Crippen LogP contribution in [0.25, 0.3) is 0 Å². The summed E-state index contributed by atoms with van der Waals surface area (Å²) in [6.45, 7) is 6.85. The van der Waals surface area contributed by atoms with Crippen molar-refractivity contribution >= 4 is 40.8 Å². The molecular weight excluding hydrogens is 448 g/mol. The summed E-state index contributed by atoms with van der Waals surface area (Å²) in [7, 11) is 2.13. The molecule has 2 aliphatic rings. The van der Waals surface area contributed by atoms with Crippen LogP contribution in [0.4, 0.5) is 21.9 Å². The highest BCUT2D eigenvalue weighted by Gasteiger charge is 2.29. The van der Waals surface area contributed by atoms with Crippen molar-refractivity contribution < 1.29 is 26.7 Å². The van der Waals surface area contributed by atoms with Crippen LogP contribution in [0, 0.1) is 0 Å². The molecule has 2 aliphatic heterocycles. The fraction of sp³-hybridized carbons (Fsp3) is 0.391. The first-order valence-corrected chi connectivity index (χ1v) is 11.5. The van der Waals surface area contributed by atoms with E-state index in [0.717, 1.165) is 53.9 Å². The lowest BCUT2D eigenvalue weighted by Gasteiger charge is -2.34. The van der Waals surface area contributed by atoms with Crippen LogP contribution >= 0.6 is 11.8 Å². The zero-order valence-corrected chi connectivity index (χ0v) is 19.9. The number of nitrogens with zero attached hydrogens (tertiary/aromatic N) is 3. The van der Waals surface area contributed by atoms with Crippen molar-refractivity contribution in [1.82, 2.24) is 9.80 Å².